The van der Waals surface area contributed by atoms with E-state index in [1.54, 1.807) is 0 Å². The fourth-order valence-corrected chi connectivity index (χ4v) is 4.09. The zero-order chi connectivity index (χ0) is 22.7. The fourth-order valence-electron chi connectivity index (χ4n) is 4.09. The summed E-state index contributed by atoms with van der Waals surface area (Å²) in [7, 11) is 0. The van der Waals surface area contributed by atoms with Crippen molar-refractivity contribution in [1.82, 2.24) is 19.8 Å². The summed E-state index contributed by atoms with van der Waals surface area (Å²) < 4.78 is 1.53. The van der Waals surface area contributed by atoms with Gasteiger partial charge in [-0.05, 0) is 31.4 Å². The summed E-state index contributed by atoms with van der Waals surface area (Å²) in [5, 5.41) is 14.2. The molecule has 1 aliphatic heterocycles. The van der Waals surface area contributed by atoms with Crippen LogP contribution < -0.4 is 10.9 Å². The number of nitrogens with one attached hydrogen (secondary N) is 1. The highest BCUT2D eigenvalue weighted by Crippen LogP contribution is 2.19. The van der Waals surface area contributed by atoms with Crippen molar-refractivity contribution in [2.45, 2.75) is 45.3 Å². The molecule has 4 rings (SSSR count). The highest BCUT2D eigenvalue weighted by atomic mass is 16.6. The Kier molecular flexibility index (Phi) is 6.16. The maximum absolute atomic E-state index is 13.1. The van der Waals surface area contributed by atoms with Crippen LogP contribution in [0.25, 0.3) is 10.9 Å². The molecule has 1 unspecified atom stereocenters. The average Bonchev–Trinajstić information content (AvgIpc) is 2.81. The van der Waals surface area contributed by atoms with E-state index in [9.17, 15) is 19.7 Å². The van der Waals surface area contributed by atoms with Crippen LogP contribution in [0.5, 0.6) is 0 Å². The van der Waals surface area contributed by atoms with Crippen molar-refractivity contribution in [3.8, 4) is 0 Å². The molecule has 3 aromatic rings. The van der Waals surface area contributed by atoms with Crippen molar-refractivity contribution in [2.75, 3.05) is 6.54 Å². The van der Waals surface area contributed by atoms with E-state index in [4.69, 9.17) is 0 Å². The predicted octanol–water partition coefficient (Wildman–Crippen LogP) is 3.24. The molecule has 2 aromatic carbocycles. The standard InChI is InChI=1S/C23H25N5O4/c1-16-6-5-9-21-25-20-11-10-18(28(31)32)14-19(20)22(29)26(21)13-12-24-23(30)27(16)15-17-7-3-2-4-8-17/h2-4,7-8,10-11,14,16H,5-6,9,12-13,15H2,1H3,(H,24,30). The normalized spacial score (nSPS) is 17.3. The van der Waals surface area contributed by atoms with Gasteiger partial charge in [0.25, 0.3) is 11.2 Å². The molecule has 1 aromatic heterocycles. The Morgan fingerprint density at radius 3 is 2.72 bits per heavy atom. The van der Waals surface area contributed by atoms with E-state index in [-0.39, 0.29) is 41.8 Å². The van der Waals surface area contributed by atoms with Crippen LogP contribution in [-0.2, 0) is 19.5 Å². The van der Waals surface area contributed by atoms with Crippen LogP contribution in [0.2, 0.25) is 0 Å². The third kappa shape index (κ3) is 4.46. The Hall–Kier alpha value is -3.75. The molecule has 1 atom stereocenters. The maximum Gasteiger partial charge on any atom is 0.318 e. The van der Waals surface area contributed by atoms with E-state index in [1.165, 1.54) is 22.8 Å². The minimum absolute atomic E-state index is 0.0107. The van der Waals surface area contributed by atoms with Gasteiger partial charge in [0.15, 0.2) is 0 Å². The second kappa shape index (κ2) is 9.17. The van der Waals surface area contributed by atoms with Gasteiger partial charge in [-0.1, -0.05) is 30.3 Å². The topological polar surface area (TPSA) is 110 Å². The summed E-state index contributed by atoms with van der Waals surface area (Å²) in [6.45, 7) is 3.04. The molecule has 0 radical (unpaired) electrons. The molecule has 0 saturated heterocycles. The molecule has 1 aliphatic rings. The lowest BCUT2D eigenvalue weighted by Crippen LogP contribution is -2.45. The average molecular weight is 435 g/mol. The monoisotopic (exact) mass is 435 g/mol. The number of hydrogen-bond acceptors (Lipinski definition) is 5. The second-order valence-electron chi connectivity index (χ2n) is 8.03. The fraction of sp³-hybridized carbons (Fsp3) is 0.348. The van der Waals surface area contributed by atoms with E-state index in [1.807, 2.05) is 42.2 Å². The summed E-state index contributed by atoms with van der Waals surface area (Å²) in [5.74, 6) is 0.634. The molecule has 0 fully saturated rings. The Morgan fingerprint density at radius 2 is 1.97 bits per heavy atom. The molecule has 0 spiro atoms. The first-order valence-electron chi connectivity index (χ1n) is 10.7. The number of nitro benzene ring substituents is 1. The van der Waals surface area contributed by atoms with Crippen molar-refractivity contribution in [3.05, 3.63) is 80.4 Å². The lowest BCUT2D eigenvalue weighted by molar-refractivity contribution is -0.384. The molecule has 32 heavy (non-hydrogen) atoms. The molecular weight excluding hydrogens is 410 g/mol. The first kappa shape index (κ1) is 21.5. The minimum atomic E-state index is -0.525. The van der Waals surface area contributed by atoms with Gasteiger partial charge in [0.1, 0.15) is 5.82 Å². The molecule has 0 bridgehead atoms. The summed E-state index contributed by atoms with van der Waals surface area (Å²) in [6, 6.07) is 13.8. The molecule has 166 valence electrons. The quantitative estimate of drug-likeness (QED) is 0.502. The summed E-state index contributed by atoms with van der Waals surface area (Å²) in [5.41, 5.74) is 1.03. The number of nitrogens with zero attached hydrogens (tertiary/aromatic N) is 4. The number of non-ortho nitro benzene ring substituents is 1. The van der Waals surface area contributed by atoms with Gasteiger partial charge in [0.2, 0.25) is 0 Å². The number of fused-ring (bicyclic) bond motifs is 2. The van der Waals surface area contributed by atoms with Crippen molar-refractivity contribution in [2.24, 2.45) is 0 Å². The molecule has 1 N–H and O–H groups in total. The SMILES string of the molecule is CC1CCCc2nc3ccc([N+](=O)[O-])cc3c(=O)n2CCNC(=O)N1Cc1ccccc1. The van der Waals surface area contributed by atoms with Crippen LogP contribution in [-0.4, -0.2) is 38.0 Å². The number of aryl methyl sites for hydroxylation is 1. The smallest absolute Gasteiger partial charge is 0.318 e. The molecular formula is C23H25N5O4. The lowest BCUT2D eigenvalue weighted by atomic mass is 10.1. The number of carbonyl (C=O) groups is 1. The highest BCUT2D eigenvalue weighted by Gasteiger charge is 2.22. The van der Waals surface area contributed by atoms with Gasteiger partial charge in [-0.3, -0.25) is 19.5 Å². The predicted molar refractivity (Wildman–Crippen MR) is 120 cm³/mol. The van der Waals surface area contributed by atoms with Gasteiger partial charge < -0.3 is 10.2 Å². The maximum atomic E-state index is 13.1. The number of rotatable bonds is 3. The second-order valence-corrected chi connectivity index (χ2v) is 8.03. The number of aromatic nitrogens is 2. The summed E-state index contributed by atoms with van der Waals surface area (Å²) in [4.78, 5) is 43.1. The van der Waals surface area contributed by atoms with Crippen LogP contribution >= 0.6 is 0 Å². The Bertz CT molecular complexity index is 1210. The Balaban J connectivity index is 1.63. The molecule has 9 heteroatoms. The van der Waals surface area contributed by atoms with Crippen LogP contribution in [0, 0.1) is 10.1 Å². The first-order valence-corrected chi connectivity index (χ1v) is 10.7. The highest BCUT2D eigenvalue weighted by molar-refractivity contribution is 5.80. The number of amides is 2. The van der Waals surface area contributed by atoms with Gasteiger partial charge in [-0.15, -0.1) is 0 Å². The summed E-state index contributed by atoms with van der Waals surface area (Å²) in [6.07, 6.45) is 2.10. The van der Waals surface area contributed by atoms with Crippen molar-refractivity contribution in [3.63, 3.8) is 0 Å². The number of urea groups is 1. The molecule has 2 heterocycles. The van der Waals surface area contributed by atoms with Crippen LogP contribution in [0.15, 0.2) is 53.3 Å². The molecule has 2 amide bonds. The van der Waals surface area contributed by atoms with Crippen molar-refractivity contribution < 1.29 is 9.72 Å². The Labute approximate surface area is 184 Å². The largest absolute Gasteiger partial charge is 0.336 e. The summed E-state index contributed by atoms with van der Waals surface area (Å²) >= 11 is 0. The van der Waals surface area contributed by atoms with Gasteiger partial charge in [-0.2, -0.15) is 0 Å². The molecule has 9 nitrogen and oxygen atoms in total. The van der Waals surface area contributed by atoms with Crippen LogP contribution in [0.3, 0.4) is 0 Å². The molecule has 0 saturated carbocycles. The van der Waals surface area contributed by atoms with Gasteiger partial charge >= 0.3 is 6.03 Å². The minimum Gasteiger partial charge on any atom is -0.336 e. The Morgan fingerprint density at radius 1 is 1.19 bits per heavy atom. The lowest BCUT2D eigenvalue weighted by Gasteiger charge is -2.29. The molecule has 0 aliphatic carbocycles. The number of nitro groups is 1. The van der Waals surface area contributed by atoms with Gasteiger partial charge in [0, 0.05) is 44.2 Å². The van der Waals surface area contributed by atoms with Crippen LogP contribution in [0.4, 0.5) is 10.5 Å². The van der Waals surface area contributed by atoms with E-state index >= 15 is 0 Å². The first-order chi connectivity index (χ1) is 15.4. The van der Waals surface area contributed by atoms with E-state index in [2.05, 4.69) is 10.3 Å². The zero-order valence-corrected chi connectivity index (χ0v) is 17.9. The van der Waals surface area contributed by atoms with E-state index < -0.39 is 4.92 Å². The van der Waals surface area contributed by atoms with Crippen LogP contribution in [0.1, 0.15) is 31.2 Å². The van der Waals surface area contributed by atoms with Gasteiger partial charge in [-0.25, -0.2) is 9.78 Å². The third-order valence-electron chi connectivity index (χ3n) is 5.85. The van der Waals surface area contributed by atoms with Crippen molar-refractivity contribution >= 4 is 22.6 Å². The third-order valence-corrected chi connectivity index (χ3v) is 5.85. The number of benzene rings is 2. The van der Waals surface area contributed by atoms with E-state index in [0.29, 0.717) is 24.3 Å². The van der Waals surface area contributed by atoms with Crippen molar-refractivity contribution in [1.29, 1.82) is 0 Å². The zero-order valence-electron chi connectivity index (χ0n) is 17.9. The number of carbonyl (C=O) groups excluding carboxylic acids is 1. The van der Waals surface area contributed by atoms with E-state index in [0.717, 1.165) is 18.4 Å². The number of hydrogen-bond donors (Lipinski definition) is 1. The van der Waals surface area contributed by atoms with Gasteiger partial charge in [0.05, 0.1) is 15.8 Å².